The van der Waals surface area contributed by atoms with Crippen LogP contribution in [0.5, 0.6) is 5.75 Å². The van der Waals surface area contributed by atoms with Gasteiger partial charge in [0, 0.05) is 0 Å². The van der Waals surface area contributed by atoms with E-state index in [0.717, 1.165) is 0 Å². The summed E-state index contributed by atoms with van der Waals surface area (Å²) < 4.78 is 1.47. The SMILES string of the molecule is N#Cc1cnn2cc(O)ccc12. The van der Waals surface area contributed by atoms with E-state index in [-0.39, 0.29) is 5.75 Å². The van der Waals surface area contributed by atoms with Crippen LogP contribution in [-0.4, -0.2) is 14.7 Å². The third-order valence-electron chi connectivity index (χ3n) is 1.62. The van der Waals surface area contributed by atoms with Crippen LogP contribution in [0.2, 0.25) is 0 Å². The van der Waals surface area contributed by atoms with Gasteiger partial charge in [-0.1, -0.05) is 0 Å². The average molecular weight is 159 g/mol. The van der Waals surface area contributed by atoms with Crippen LogP contribution in [-0.2, 0) is 0 Å². The third-order valence-corrected chi connectivity index (χ3v) is 1.62. The average Bonchev–Trinajstić information content (AvgIpc) is 2.46. The van der Waals surface area contributed by atoms with Gasteiger partial charge in [-0.25, -0.2) is 4.52 Å². The van der Waals surface area contributed by atoms with Gasteiger partial charge in [0.05, 0.1) is 23.5 Å². The van der Waals surface area contributed by atoms with E-state index in [9.17, 15) is 0 Å². The normalized spacial score (nSPS) is 9.92. The first kappa shape index (κ1) is 6.68. The Balaban J connectivity index is 2.84. The molecule has 0 aromatic carbocycles. The Kier molecular flexibility index (Phi) is 1.25. The molecule has 0 amide bonds. The van der Waals surface area contributed by atoms with E-state index in [1.807, 2.05) is 6.07 Å². The maximum Gasteiger partial charge on any atom is 0.133 e. The summed E-state index contributed by atoms with van der Waals surface area (Å²) in [4.78, 5) is 0. The lowest BCUT2D eigenvalue weighted by Gasteiger charge is -1.93. The fourth-order valence-electron chi connectivity index (χ4n) is 1.06. The predicted octanol–water partition coefficient (Wildman–Crippen LogP) is 0.912. The summed E-state index contributed by atoms with van der Waals surface area (Å²) in [6.45, 7) is 0. The molecule has 0 unspecified atom stereocenters. The summed E-state index contributed by atoms with van der Waals surface area (Å²) in [5, 5.41) is 21.6. The molecular weight excluding hydrogens is 154 g/mol. The lowest BCUT2D eigenvalue weighted by molar-refractivity contribution is 0.470. The minimum Gasteiger partial charge on any atom is -0.506 e. The van der Waals surface area contributed by atoms with Crippen LogP contribution < -0.4 is 0 Å². The van der Waals surface area contributed by atoms with Gasteiger partial charge in [0.15, 0.2) is 0 Å². The van der Waals surface area contributed by atoms with Crippen molar-refractivity contribution in [1.29, 1.82) is 5.26 Å². The Morgan fingerprint density at radius 3 is 3.08 bits per heavy atom. The molecule has 0 saturated carbocycles. The Labute approximate surface area is 68.3 Å². The molecule has 2 rings (SSSR count). The fourth-order valence-corrected chi connectivity index (χ4v) is 1.06. The van der Waals surface area contributed by atoms with E-state index in [0.29, 0.717) is 11.1 Å². The number of hydrogen-bond acceptors (Lipinski definition) is 3. The van der Waals surface area contributed by atoms with Gasteiger partial charge >= 0.3 is 0 Å². The highest BCUT2D eigenvalue weighted by Crippen LogP contribution is 2.13. The van der Waals surface area contributed by atoms with Gasteiger partial charge in [-0.15, -0.1) is 0 Å². The van der Waals surface area contributed by atoms with Gasteiger partial charge in [0.1, 0.15) is 11.8 Å². The topological polar surface area (TPSA) is 61.3 Å². The molecule has 0 radical (unpaired) electrons. The number of aromatic nitrogens is 2. The largest absolute Gasteiger partial charge is 0.506 e. The van der Waals surface area contributed by atoms with E-state index >= 15 is 0 Å². The zero-order chi connectivity index (χ0) is 8.55. The van der Waals surface area contributed by atoms with Crippen LogP contribution in [0.25, 0.3) is 5.52 Å². The smallest absolute Gasteiger partial charge is 0.133 e. The molecule has 2 heterocycles. The molecule has 1 N–H and O–H groups in total. The first-order valence-corrected chi connectivity index (χ1v) is 3.38. The van der Waals surface area contributed by atoms with Gasteiger partial charge in [0.25, 0.3) is 0 Å². The van der Waals surface area contributed by atoms with Gasteiger partial charge in [-0.3, -0.25) is 0 Å². The van der Waals surface area contributed by atoms with Crippen molar-refractivity contribution in [2.45, 2.75) is 0 Å². The van der Waals surface area contributed by atoms with Crippen LogP contribution in [0.1, 0.15) is 5.56 Å². The first-order valence-electron chi connectivity index (χ1n) is 3.38. The summed E-state index contributed by atoms with van der Waals surface area (Å²) in [6.07, 6.45) is 2.92. The molecule has 0 aliphatic heterocycles. The van der Waals surface area contributed by atoms with Gasteiger partial charge < -0.3 is 5.11 Å². The first-order chi connectivity index (χ1) is 5.81. The van der Waals surface area contributed by atoms with Crippen molar-refractivity contribution < 1.29 is 5.11 Å². The van der Waals surface area contributed by atoms with Crippen molar-refractivity contribution in [2.24, 2.45) is 0 Å². The maximum atomic E-state index is 9.07. The second kappa shape index (κ2) is 2.24. The Bertz CT molecular complexity index is 467. The zero-order valence-corrected chi connectivity index (χ0v) is 6.10. The number of fused-ring (bicyclic) bond motifs is 1. The quantitative estimate of drug-likeness (QED) is 0.621. The van der Waals surface area contributed by atoms with E-state index in [2.05, 4.69) is 5.10 Å². The van der Waals surface area contributed by atoms with E-state index in [1.165, 1.54) is 23.0 Å². The number of nitriles is 1. The summed E-state index contributed by atoms with van der Waals surface area (Å²) in [5.74, 6) is 0.134. The molecule has 2 aromatic heterocycles. The molecule has 0 aliphatic rings. The molecule has 0 bridgehead atoms. The van der Waals surface area contributed by atoms with Crippen LogP contribution in [0.15, 0.2) is 24.5 Å². The molecule has 0 spiro atoms. The van der Waals surface area contributed by atoms with Gasteiger partial charge in [-0.2, -0.15) is 10.4 Å². The second-order valence-corrected chi connectivity index (χ2v) is 2.39. The highest BCUT2D eigenvalue weighted by molar-refractivity contribution is 5.60. The summed E-state index contributed by atoms with van der Waals surface area (Å²) in [7, 11) is 0. The molecule has 0 fully saturated rings. The predicted molar refractivity (Wildman–Crippen MR) is 41.6 cm³/mol. The molecule has 0 aliphatic carbocycles. The monoisotopic (exact) mass is 159 g/mol. The summed E-state index contributed by atoms with van der Waals surface area (Å²) >= 11 is 0. The summed E-state index contributed by atoms with van der Waals surface area (Å²) in [5.41, 5.74) is 1.21. The second-order valence-electron chi connectivity index (χ2n) is 2.39. The number of aromatic hydroxyl groups is 1. The molecule has 58 valence electrons. The molecule has 4 heteroatoms. The van der Waals surface area contributed by atoms with E-state index in [4.69, 9.17) is 10.4 Å². The Morgan fingerprint density at radius 1 is 1.50 bits per heavy atom. The van der Waals surface area contributed by atoms with Crippen LogP contribution in [0, 0.1) is 11.3 Å². The minimum absolute atomic E-state index is 0.134. The molecule has 0 atom stereocenters. The van der Waals surface area contributed by atoms with Crippen LogP contribution in [0.3, 0.4) is 0 Å². The highest BCUT2D eigenvalue weighted by Gasteiger charge is 2.01. The minimum atomic E-state index is 0.134. The molecule has 12 heavy (non-hydrogen) atoms. The standard InChI is InChI=1S/C8H5N3O/c9-3-6-4-10-11-5-7(12)1-2-8(6)11/h1-2,4-5,12H. The van der Waals surface area contributed by atoms with Crippen molar-refractivity contribution in [2.75, 3.05) is 0 Å². The molecule has 0 saturated heterocycles. The summed E-state index contributed by atoms with van der Waals surface area (Å²) in [6, 6.07) is 5.18. The lowest BCUT2D eigenvalue weighted by Crippen LogP contribution is -1.84. The van der Waals surface area contributed by atoms with Crippen molar-refractivity contribution in [3.8, 4) is 11.8 Å². The van der Waals surface area contributed by atoms with E-state index < -0.39 is 0 Å². The Morgan fingerprint density at radius 2 is 2.33 bits per heavy atom. The zero-order valence-electron chi connectivity index (χ0n) is 6.10. The number of nitrogens with zero attached hydrogens (tertiary/aromatic N) is 3. The van der Waals surface area contributed by atoms with Crippen molar-refractivity contribution in [3.63, 3.8) is 0 Å². The van der Waals surface area contributed by atoms with E-state index in [1.54, 1.807) is 6.07 Å². The number of hydrogen-bond donors (Lipinski definition) is 1. The molecule has 4 nitrogen and oxygen atoms in total. The maximum absolute atomic E-state index is 9.07. The van der Waals surface area contributed by atoms with Crippen molar-refractivity contribution in [1.82, 2.24) is 9.61 Å². The molecule has 2 aromatic rings. The fraction of sp³-hybridized carbons (Fsp3) is 0. The van der Waals surface area contributed by atoms with Crippen molar-refractivity contribution >= 4 is 5.52 Å². The van der Waals surface area contributed by atoms with Crippen LogP contribution in [0.4, 0.5) is 0 Å². The highest BCUT2D eigenvalue weighted by atomic mass is 16.3. The van der Waals surface area contributed by atoms with Crippen molar-refractivity contribution in [3.05, 3.63) is 30.1 Å². The molecular formula is C8H5N3O. The van der Waals surface area contributed by atoms with Crippen LogP contribution >= 0.6 is 0 Å². The lowest BCUT2D eigenvalue weighted by atomic mass is 10.3. The Hall–Kier alpha value is -2.02. The van der Waals surface area contributed by atoms with Gasteiger partial charge in [-0.05, 0) is 12.1 Å². The number of rotatable bonds is 0. The van der Waals surface area contributed by atoms with Gasteiger partial charge in [0.2, 0.25) is 0 Å². The number of pyridine rings is 1. The third kappa shape index (κ3) is 0.805.